The fourth-order valence-corrected chi connectivity index (χ4v) is 3.51. The Bertz CT molecular complexity index is 538. The molecule has 0 spiro atoms. The molecule has 0 amide bonds. The summed E-state index contributed by atoms with van der Waals surface area (Å²) in [6, 6.07) is 6.18. The number of aliphatic hydroxyl groups excluding tert-OH is 1. The maximum absolute atomic E-state index is 9.21. The van der Waals surface area contributed by atoms with Crippen molar-refractivity contribution in [1.29, 1.82) is 0 Å². The van der Waals surface area contributed by atoms with Crippen molar-refractivity contribution in [2.75, 3.05) is 0 Å². The van der Waals surface area contributed by atoms with Crippen LogP contribution in [0.2, 0.25) is 0 Å². The molecule has 1 N–H and O–H groups in total. The van der Waals surface area contributed by atoms with Gasteiger partial charge in [0.25, 0.3) is 0 Å². The van der Waals surface area contributed by atoms with Crippen molar-refractivity contribution in [3.05, 3.63) is 33.1 Å². The molecule has 3 heteroatoms. The van der Waals surface area contributed by atoms with Gasteiger partial charge in [0, 0.05) is 11.3 Å². The Morgan fingerprint density at radius 3 is 2.71 bits per heavy atom. The molecule has 1 saturated carbocycles. The maximum atomic E-state index is 9.21. The van der Waals surface area contributed by atoms with Gasteiger partial charge in [0.1, 0.15) is 11.3 Å². The smallest absolute Gasteiger partial charge is 0.147 e. The number of aliphatic hydroxyl groups is 1. The van der Waals surface area contributed by atoms with Crippen molar-refractivity contribution in [3.8, 4) is 0 Å². The predicted octanol–water partition coefficient (Wildman–Crippen LogP) is 4.19. The van der Waals surface area contributed by atoms with Crippen LogP contribution < -0.4 is 0 Å². The first kappa shape index (κ1) is 11.5. The molecule has 3 rings (SSSR count). The average molecular weight is 342 g/mol. The van der Waals surface area contributed by atoms with Crippen molar-refractivity contribution < 1.29 is 9.52 Å². The van der Waals surface area contributed by atoms with E-state index in [0.29, 0.717) is 5.92 Å². The SMILES string of the molecule is OCc1cc(I)c2oc(C3CCCC3)cc2c1. The van der Waals surface area contributed by atoms with Gasteiger partial charge in [-0.1, -0.05) is 12.8 Å². The number of fused-ring (bicyclic) bond motifs is 1. The van der Waals surface area contributed by atoms with Gasteiger partial charge in [-0.05, 0) is 59.2 Å². The Kier molecular flexibility index (Phi) is 3.13. The first-order valence-corrected chi connectivity index (χ1v) is 7.18. The molecule has 0 radical (unpaired) electrons. The van der Waals surface area contributed by atoms with E-state index >= 15 is 0 Å². The summed E-state index contributed by atoms with van der Waals surface area (Å²) in [5.41, 5.74) is 1.94. The minimum absolute atomic E-state index is 0.0931. The molecule has 90 valence electrons. The van der Waals surface area contributed by atoms with Gasteiger partial charge in [0.05, 0.1) is 10.2 Å². The van der Waals surface area contributed by atoms with Gasteiger partial charge in [0.15, 0.2) is 0 Å². The van der Waals surface area contributed by atoms with E-state index in [1.54, 1.807) is 0 Å². The predicted molar refractivity (Wildman–Crippen MR) is 76.1 cm³/mol. The third-order valence-electron chi connectivity index (χ3n) is 3.59. The number of benzene rings is 1. The molecule has 0 saturated heterocycles. The van der Waals surface area contributed by atoms with Gasteiger partial charge in [-0.2, -0.15) is 0 Å². The maximum Gasteiger partial charge on any atom is 0.147 e. The van der Waals surface area contributed by atoms with E-state index in [0.717, 1.165) is 25.9 Å². The topological polar surface area (TPSA) is 33.4 Å². The summed E-state index contributed by atoms with van der Waals surface area (Å²) < 4.78 is 7.08. The molecule has 0 unspecified atom stereocenters. The lowest BCUT2D eigenvalue weighted by atomic mass is 10.0. The zero-order chi connectivity index (χ0) is 11.8. The summed E-state index contributed by atoms with van der Waals surface area (Å²) in [5, 5.41) is 10.3. The highest BCUT2D eigenvalue weighted by atomic mass is 127. The molecule has 17 heavy (non-hydrogen) atoms. The minimum atomic E-state index is 0.0931. The van der Waals surface area contributed by atoms with E-state index in [4.69, 9.17) is 4.42 Å². The normalized spacial score (nSPS) is 17.1. The van der Waals surface area contributed by atoms with Crippen LogP contribution in [-0.4, -0.2) is 5.11 Å². The van der Waals surface area contributed by atoms with Crippen LogP contribution in [0.15, 0.2) is 22.6 Å². The lowest BCUT2D eigenvalue weighted by molar-refractivity contribution is 0.282. The monoisotopic (exact) mass is 342 g/mol. The highest BCUT2D eigenvalue weighted by molar-refractivity contribution is 14.1. The fraction of sp³-hybridized carbons (Fsp3) is 0.429. The largest absolute Gasteiger partial charge is 0.460 e. The molecule has 1 fully saturated rings. The second-order valence-electron chi connectivity index (χ2n) is 4.78. The van der Waals surface area contributed by atoms with E-state index in [-0.39, 0.29) is 6.61 Å². The van der Waals surface area contributed by atoms with E-state index in [1.807, 2.05) is 12.1 Å². The molecular formula is C14H15IO2. The van der Waals surface area contributed by atoms with Crippen LogP contribution in [0.25, 0.3) is 11.0 Å². The van der Waals surface area contributed by atoms with E-state index in [1.165, 1.54) is 25.7 Å². The molecule has 0 atom stereocenters. The molecule has 1 aliphatic rings. The van der Waals surface area contributed by atoms with Gasteiger partial charge in [0.2, 0.25) is 0 Å². The quantitative estimate of drug-likeness (QED) is 0.831. The fourth-order valence-electron chi connectivity index (χ4n) is 2.69. The Hall–Kier alpha value is -0.550. The number of halogens is 1. The Morgan fingerprint density at radius 2 is 2.00 bits per heavy atom. The molecule has 1 aliphatic carbocycles. The van der Waals surface area contributed by atoms with Crippen molar-refractivity contribution in [3.63, 3.8) is 0 Å². The van der Waals surface area contributed by atoms with Crippen LogP contribution in [-0.2, 0) is 6.61 Å². The molecule has 1 aromatic carbocycles. The molecule has 0 aliphatic heterocycles. The zero-order valence-electron chi connectivity index (χ0n) is 9.58. The van der Waals surface area contributed by atoms with Crippen LogP contribution in [0.5, 0.6) is 0 Å². The standard InChI is InChI=1S/C14H15IO2/c15-12-6-9(8-16)5-11-7-13(17-14(11)12)10-3-1-2-4-10/h5-7,10,16H,1-4,8H2. The van der Waals surface area contributed by atoms with Crippen molar-refractivity contribution in [2.45, 2.75) is 38.2 Å². The van der Waals surface area contributed by atoms with Crippen LogP contribution in [0.4, 0.5) is 0 Å². The van der Waals surface area contributed by atoms with Gasteiger partial charge in [-0.15, -0.1) is 0 Å². The third-order valence-corrected chi connectivity index (χ3v) is 4.39. The summed E-state index contributed by atoms with van der Waals surface area (Å²) in [4.78, 5) is 0. The Morgan fingerprint density at radius 1 is 1.24 bits per heavy atom. The first-order valence-electron chi connectivity index (χ1n) is 6.10. The number of furan rings is 1. The molecule has 1 heterocycles. The first-order chi connectivity index (χ1) is 8.28. The summed E-state index contributed by atoms with van der Waals surface area (Å²) >= 11 is 2.28. The highest BCUT2D eigenvalue weighted by Gasteiger charge is 2.21. The Balaban J connectivity index is 2.08. The van der Waals surface area contributed by atoms with E-state index < -0.39 is 0 Å². The van der Waals surface area contributed by atoms with Crippen molar-refractivity contribution in [2.24, 2.45) is 0 Å². The molecule has 0 bridgehead atoms. The lowest BCUT2D eigenvalue weighted by Gasteiger charge is -2.02. The lowest BCUT2D eigenvalue weighted by Crippen LogP contribution is -1.87. The molecule has 2 aromatic rings. The molecular weight excluding hydrogens is 327 g/mol. The molecule has 1 aromatic heterocycles. The van der Waals surface area contributed by atoms with Crippen molar-refractivity contribution in [1.82, 2.24) is 0 Å². The van der Waals surface area contributed by atoms with Gasteiger partial charge in [-0.25, -0.2) is 0 Å². The summed E-state index contributed by atoms with van der Waals surface area (Å²) in [6.07, 6.45) is 5.15. The number of rotatable bonds is 2. The summed E-state index contributed by atoms with van der Waals surface area (Å²) in [6.45, 7) is 0.0931. The Labute approximate surface area is 114 Å². The van der Waals surface area contributed by atoms with Crippen LogP contribution in [0.3, 0.4) is 0 Å². The second-order valence-corrected chi connectivity index (χ2v) is 5.95. The van der Waals surface area contributed by atoms with Crippen LogP contribution in [0.1, 0.15) is 42.9 Å². The van der Waals surface area contributed by atoms with E-state index in [2.05, 4.69) is 28.7 Å². The minimum Gasteiger partial charge on any atom is -0.460 e. The van der Waals surface area contributed by atoms with Crippen molar-refractivity contribution >= 4 is 33.6 Å². The van der Waals surface area contributed by atoms with Gasteiger partial charge in [-0.3, -0.25) is 0 Å². The molecule has 2 nitrogen and oxygen atoms in total. The second kappa shape index (κ2) is 4.61. The number of hydrogen-bond donors (Lipinski definition) is 1. The van der Waals surface area contributed by atoms with Crippen LogP contribution in [0, 0.1) is 3.57 Å². The van der Waals surface area contributed by atoms with Crippen LogP contribution >= 0.6 is 22.6 Å². The highest BCUT2D eigenvalue weighted by Crippen LogP contribution is 2.38. The number of hydrogen-bond acceptors (Lipinski definition) is 2. The zero-order valence-corrected chi connectivity index (χ0v) is 11.7. The summed E-state index contributed by atoms with van der Waals surface area (Å²) in [7, 11) is 0. The van der Waals surface area contributed by atoms with Gasteiger partial charge < -0.3 is 9.52 Å². The summed E-state index contributed by atoms with van der Waals surface area (Å²) in [5.74, 6) is 1.74. The average Bonchev–Trinajstić information content (AvgIpc) is 2.96. The van der Waals surface area contributed by atoms with Gasteiger partial charge >= 0.3 is 0 Å². The van der Waals surface area contributed by atoms with E-state index in [9.17, 15) is 5.11 Å². The third kappa shape index (κ3) is 2.10.